The van der Waals surface area contributed by atoms with Gasteiger partial charge in [0.2, 0.25) is 0 Å². The van der Waals surface area contributed by atoms with Crippen molar-refractivity contribution in [1.29, 1.82) is 0 Å². The molecule has 0 fully saturated rings. The maximum Gasteiger partial charge on any atom is 0.178 e. The first-order chi connectivity index (χ1) is 7.83. The van der Waals surface area contributed by atoms with Crippen LogP contribution in [0.2, 0.25) is 0 Å². The average molecular weight is 215 g/mol. The minimum Gasteiger partial charge on any atom is -0.384 e. The lowest BCUT2D eigenvalue weighted by Gasteiger charge is -2.00. The zero-order valence-corrected chi connectivity index (χ0v) is 8.31. The number of nitrogens with two attached hydrogens (primary N) is 1. The Morgan fingerprint density at radius 1 is 1.38 bits per heavy atom. The summed E-state index contributed by atoms with van der Waals surface area (Å²) < 4.78 is 0. The van der Waals surface area contributed by atoms with Gasteiger partial charge in [0.25, 0.3) is 0 Å². The summed E-state index contributed by atoms with van der Waals surface area (Å²) in [4.78, 5) is 4.10. The summed E-state index contributed by atoms with van der Waals surface area (Å²) in [5.74, 6) is 0.456. The maximum absolute atomic E-state index is 5.70. The molecule has 0 radical (unpaired) electrons. The molecule has 16 heavy (non-hydrogen) atoms. The highest BCUT2D eigenvalue weighted by atomic mass is 15.3. The van der Waals surface area contributed by atoms with E-state index in [1.165, 1.54) is 0 Å². The molecule has 0 aliphatic carbocycles. The zero-order valence-electron chi connectivity index (χ0n) is 8.31. The van der Waals surface area contributed by atoms with Gasteiger partial charge >= 0.3 is 0 Å². The predicted molar refractivity (Wildman–Crippen MR) is 57.5 cm³/mol. The van der Waals surface area contributed by atoms with Crippen molar-refractivity contribution < 1.29 is 0 Å². The third-order valence-electron chi connectivity index (χ3n) is 2.35. The molecule has 3 heterocycles. The number of nitrogens with zero attached hydrogens (tertiary/aromatic N) is 4. The molecule has 0 aliphatic rings. The summed E-state index contributed by atoms with van der Waals surface area (Å²) in [6, 6.07) is 1.80. The Morgan fingerprint density at radius 2 is 2.31 bits per heavy atom. The second kappa shape index (κ2) is 3.30. The molecule has 7 nitrogen and oxygen atoms in total. The highest BCUT2D eigenvalue weighted by Gasteiger charge is 2.08. The van der Waals surface area contributed by atoms with Gasteiger partial charge in [-0.05, 0) is 17.2 Å². The van der Waals surface area contributed by atoms with Crippen LogP contribution >= 0.6 is 0 Å². The minimum atomic E-state index is 0.456. The fourth-order valence-corrected chi connectivity index (χ4v) is 1.65. The van der Waals surface area contributed by atoms with Crippen molar-refractivity contribution >= 4 is 17.0 Å². The molecule has 3 aromatic heterocycles. The predicted octanol–water partition coefficient (Wildman–Crippen LogP) is 0.249. The number of anilines is 1. The minimum absolute atomic E-state index is 0.456. The fourth-order valence-electron chi connectivity index (χ4n) is 1.65. The molecule has 0 saturated carbocycles. The zero-order chi connectivity index (χ0) is 11.0. The number of hydrogen-bond acceptors (Lipinski definition) is 5. The van der Waals surface area contributed by atoms with Crippen molar-refractivity contribution in [2.45, 2.75) is 6.42 Å². The highest BCUT2D eigenvalue weighted by Crippen LogP contribution is 2.18. The van der Waals surface area contributed by atoms with Crippen molar-refractivity contribution in [3.05, 3.63) is 29.6 Å². The lowest BCUT2D eigenvalue weighted by molar-refractivity contribution is 0.953. The van der Waals surface area contributed by atoms with E-state index in [0.29, 0.717) is 17.9 Å². The Bertz CT molecular complexity index is 610. The van der Waals surface area contributed by atoms with E-state index in [0.717, 1.165) is 16.6 Å². The van der Waals surface area contributed by atoms with Crippen LogP contribution in [-0.4, -0.2) is 30.6 Å². The van der Waals surface area contributed by atoms with Gasteiger partial charge in [-0.15, -0.1) is 5.10 Å². The number of rotatable bonds is 2. The first kappa shape index (κ1) is 8.84. The van der Waals surface area contributed by atoms with E-state index in [-0.39, 0.29) is 0 Å². The summed E-state index contributed by atoms with van der Waals surface area (Å²) >= 11 is 0. The normalized spacial score (nSPS) is 11.0. The van der Waals surface area contributed by atoms with Crippen LogP contribution in [-0.2, 0) is 6.42 Å². The SMILES string of the molecule is Nc1cc(Cc2cn[nH]c2)c2nn[nH]c2n1. The standard InChI is InChI=1S/C9H9N7/c10-7-2-6(1-5-3-11-12-4-5)8-9(13-7)15-16-14-8/h2-4H,1H2,(H,11,12)(H3,10,13,14,15,16). The summed E-state index contributed by atoms with van der Waals surface area (Å²) in [6.45, 7) is 0. The van der Waals surface area contributed by atoms with E-state index < -0.39 is 0 Å². The van der Waals surface area contributed by atoms with Crippen LogP contribution in [0.4, 0.5) is 5.82 Å². The fraction of sp³-hybridized carbons (Fsp3) is 0.111. The molecule has 0 atom stereocenters. The molecular weight excluding hydrogens is 206 g/mol. The van der Waals surface area contributed by atoms with Gasteiger partial charge in [0.1, 0.15) is 11.3 Å². The van der Waals surface area contributed by atoms with Crippen LogP contribution in [0.25, 0.3) is 11.2 Å². The summed E-state index contributed by atoms with van der Waals surface area (Å²) in [7, 11) is 0. The van der Waals surface area contributed by atoms with Gasteiger partial charge in [-0.3, -0.25) is 5.10 Å². The molecule has 80 valence electrons. The van der Waals surface area contributed by atoms with Crippen molar-refractivity contribution in [2.24, 2.45) is 0 Å². The van der Waals surface area contributed by atoms with E-state index in [9.17, 15) is 0 Å². The Morgan fingerprint density at radius 3 is 3.12 bits per heavy atom. The third-order valence-corrected chi connectivity index (χ3v) is 2.35. The summed E-state index contributed by atoms with van der Waals surface area (Å²) in [5.41, 5.74) is 9.11. The Labute approximate surface area is 90.1 Å². The van der Waals surface area contributed by atoms with Crippen LogP contribution in [0.15, 0.2) is 18.5 Å². The number of fused-ring (bicyclic) bond motifs is 1. The monoisotopic (exact) mass is 215 g/mol. The molecule has 0 aromatic carbocycles. The van der Waals surface area contributed by atoms with Crippen LogP contribution in [0.1, 0.15) is 11.1 Å². The molecular formula is C9H9N7. The number of nitrogen functional groups attached to an aromatic ring is 1. The van der Waals surface area contributed by atoms with E-state index in [4.69, 9.17) is 5.73 Å². The van der Waals surface area contributed by atoms with Crippen molar-refractivity contribution in [3.63, 3.8) is 0 Å². The Balaban J connectivity index is 2.11. The average Bonchev–Trinajstić information content (AvgIpc) is 2.87. The lowest BCUT2D eigenvalue weighted by atomic mass is 10.1. The molecule has 3 rings (SSSR count). The first-order valence-electron chi connectivity index (χ1n) is 4.77. The molecule has 0 unspecified atom stereocenters. The van der Waals surface area contributed by atoms with E-state index in [1.807, 2.05) is 6.20 Å². The van der Waals surface area contributed by atoms with Crippen molar-refractivity contribution in [2.75, 3.05) is 5.73 Å². The number of pyridine rings is 1. The second-order valence-electron chi connectivity index (χ2n) is 3.50. The van der Waals surface area contributed by atoms with Crippen LogP contribution in [0, 0.1) is 0 Å². The number of aromatic nitrogens is 6. The topological polar surface area (TPSA) is 109 Å². The molecule has 0 aliphatic heterocycles. The summed E-state index contributed by atoms with van der Waals surface area (Å²) in [6.07, 6.45) is 4.30. The van der Waals surface area contributed by atoms with Gasteiger partial charge in [-0.2, -0.15) is 5.10 Å². The molecule has 3 aromatic rings. The summed E-state index contributed by atoms with van der Waals surface area (Å²) in [5, 5.41) is 17.1. The number of hydrogen-bond donors (Lipinski definition) is 3. The van der Waals surface area contributed by atoms with Crippen molar-refractivity contribution in [1.82, 2.24) is 30.6 Å². The van der Waals surface area contributed by atoms with Gasteiger partial charge in [0, 0.05) is 12.6 Å². The van der Waals surface area contributed by atoms with Gasteiger partial charge in [-0.25, -0.2) is 10.1 Å². The quantitative estimate of drug-likeness (QED) is 0.567. The maximum atomic E-state index is 5.70. The number of H-pyrrole nitrogens is 2. The van der Waals surface area contributed by atoms with Crippen LogP contribution < -0.4 is 5.73 Å². The highest BCUT2D eigenvalue weighted by molar-refractivity contribution is 5.75. The van der Waals surface area contributed by atoms with Gasteiger partial charge in [0.15, 0.2) is 5.65 Å². The van der Waals surface area contributed by atoms with Crippen LogP contribution in [0.5, 0.6) is 0 Å². The molecule has 0 saturated heterocycles. The van der Waals surface area contributed by atoms with Gasteiger partial charge in [0.05, 0.1) is 6.20 Å². The van der Waals surface area contributed by atoms with Gasteiger partial charge < -0.3 is 5.73 Å². The molecule has 4 N–H and O–H groups in total. The smallest absolute Gasteiger partial charge is 0.178 e. The lowest BCUT2D eigenvalue weighted by Crippen LogP contribution is -1.96. The van der Waals surface area contributed by atoms with E-state index in [2.05, 4.69) is 30.6 Å². The van der Waals surface area contributed by atoms with Crippen LogP contribution in [0.3, 0.4) is 0 Å². The molecule has 0 bridgehead atoms. The first-order valence-corrected chi connectivity index (χ1v) is 4.77. The molecule has 7 heteroatoms. The largest absolute Gasteiger partial charge is 0.384 e. The molecule has 0 amide bonds. The Kier molecular flexibility index (Phi) is 1.82. The van der Waals surface area contributed by atoms with E-state index in [1.54, 1.807) is 12.3 Å². The number of nitrogens with one attached hydrogen (secondary N) is 2. The second-order valence-corrected chi connectivity index (χ2v) is 3.50. The Hall–Kier alpha value is -2.44. The van der Waals surface area contributed by atoms with E-state index >= 15 is 0 Å². The molecule has 0 spiro atoms. The van der Waals surface area contributed by atoms with Gasteiger partial charge in [-0.1, -0.05) is 5.21 Å². The third kappa shape index (κ3) is 1.38. The number of aromatic amines is 2. The van der Waals surface area contributed by atoms with Crippen molar-refractivity contribution in [3.8, 4) is 0 Å².